The second-order valence-corrected chi connectivity index (χ2v) is 4.76. The van der Waals surface area contributed by atoms with Gasteiger partial charge in [-0.25, -0.2) is 0 Å². The number of amides is 1. The molecule has 1 heterocycles. The topological polar surface area (TPSA) is 59.0 Å². The number of likely N-dealkylation sites (tertiary alicyclic amines) is 1. The van der Waals surface area contributed by atoms with Crippen LogP contribution in [0.5, 0.6) is 5.75 Å². The summed E-state index contributed by atoms with van der Waals surface area (Å²) in [5.74, 6) is 0.132. The van der Waals surface area contributed by atoms with Crippen molar-refractivity contribution >= 4 is 5.91 Å². The molecule has 5 heteroatoms. The fourth-order valence-electron chi connectivity index (χ4n) is 2.33. The minimum absolute atomic E-state index is 0.0651. The summed E-state index contributed by atoms with van der Waals surface area (Å²) in [5, 5.41) is 9.49. The lowest BCUT2D eigenvalue weighted by molar-refractivity contribution is -0.00461. The number of rotatable bonds is 3. The molecule has 1 saturated heterocycles. The Bertz CT molecular complexity index is 463. The van der Waals surface area contributed by atoms with Crippen LogP contribution in [-0.4, -0.2) is 55.4 Å². The van der Waals surface area contributed by atoms with E-state index in [9.17, 15) is 9.90 Å². The van der Waals surface area contributed by atoms with Crippen LogP contribution in [0.25, 0.3) is 0 Å². The van der Waals surface area contributed by atoms with E-state index in [0.717, 1.165) is 0 Å². The van der Waals surface area contributed by atoms with Crippen LogP contribution in [0.4, 0.5) is 0 Å². The minimum atomic E-state index is -0.0906. The molecule has 19 heavy (non-hydrogen) atoms. The van der Waals surface area contributed by atoms with Crippen LogP contribution in [0.1, 0.15) is 15.9 Å². The maximum atomic E-state index is 12.4. The van der Waals surface area contributed by atoms with Crippen molar-refractivity contribution in [3.05, 3.63) is 29.3 Å². The van der Waals surface area contributed by atoms with Crippen molar-refractivity contribution in [3.8, 4) is 5.75 Å². The standard InChI is InChI=1S/C14H19NO4/c1-9-6-10(4-5-11(9)16)14(17)15-7-12(18-2)13(8-15)19-3/h4-6,12-13,16H,7-8H2,1-3H3. The number of phenols is 1. The summed E-state index contributed by atoms with van der Waals surface area (Å²) in [6, 6.07) is 4.87. The number of aromatic hydroxyl groups is 1. The Morgan fingerprint density at radius 2 is 1.84 bits per heavy atom. The quantitative estimate of drug-likeness (QED) is 0.891. The molecule has 5 nitrogen and oxygen atoms in total. The number of hydrogen-bond donors (Lipinski definition) is 1. The maximum absolute atomic E-state index is 12.4. The molecule has 1 aromatic rings. The van der Waals surface area contributed by atoms with Crippen LogP contribution < -0.4 is 0 Å². The Morgan fingerprint density at radius 1 is 1.26 bits per heavy atom. The van der Waals surface area contributed by atoms with E-state index in [4.69, 9.17) is 9.47 Å². The van der Waals surface area contributed by atoms with Crippen molar-refractivity contribution in [2.24, 2.45) is 0 Å². The number of aryl methyl sites for hydroxylation is 1. The fraction of sp³-hybridized carbons (Fsp3) is 0.500. The summed E-state index contributed by atoms with van der Waals surface area (Å²) in [4.78, 5) is 14.1. The summed E-state index contributed by atoms with van der Waals surface area (Å²) in [6.07, 6.45) is -0.181. The fourth-order valence-corrected chi connectivity index (χ4v) is 2.33. The SMILES string of the molecule is COC1CN(C(=O)c2ccc(O)c(C)c2)CC1OC. The summed E-state index contributed by atoms with van der Waals surface area (Å²) in [5.41, 5.74) is 1.26. The van der Waals surface area contributed by atoms with E-state index < -0.39 is 0 Å². The molecule has 2 unspecified atom stereocenters. The van der Waals surface area contributed by atoms with Crippen molar-refractivity contribution in [2.45, 2.75) is 19.1 Å². The zero-order valence-electron chi connectivity index (χ0n) is 11.4. The molecule has 1 aromatic carbocycles. The zero-order chi connectivity index (χ0) is 14.0. The Kier molecular flexibility index (Phi) is 4.07. The van der Waals surface area contributed by atoms with E-state index in [1.165, 1.54) is 0 Å². The van der Waals surface area contributed by atoms with Crippen LogP contribution >= 0.6 is 0 Å². The van der Waals surface area contributed by atoms with Gasteiger partial charge in [-0.05, 0) is 30.7 Å². The molecule has 2 atom stereocenters. The van der Waals surface area contributed by atoms with Crippen LogP contribution in [0, 0.1) is 6.92 Å². The minimum Gasteiger partial charge on any atom is -0.508 e. The zero-order valence-corrected chi connectivity index (χ0v) is 11.4. The van der Waals surface area contributed by atoms with Crippen LogP contribution in [0.3, 0.4) is 0 Å². The molecule has 0 saturated carbocycles. The largest absolute Gasteiger partial charge is 0.508 e. The first-order valence-corrected chi connectivity index (χ1v) is 6.21. The normalized spacial score (nSPS) is 22.8. The molecule has 0 aliphatic carbocycles. The van der Waals surface area contributed by atoms with Crippen molar-refractivity contribution < 1.29 is 19.4 Å². The molecule has 0 spiro atoms. The van der Waals surface area contributed by atoms with Gasteiger partial charge in [-0.15, -0.1) is 0 Å². The van der Waals surface area contributed by atoms with Gasteiger partial charge in [-0.1, -0.05) is 0 Å². The Balaban J connectivity index is 2.14. The van der Waals surface area contributed by atoms with Crippen LogP contribution in [0.15, 0.2) is 18.2 Å². The molecule has 1 N–H and O–H groups in total. The first-order chi connectivity index (χ1) is 9.06. The highest BCUT2D eigenvalue weighted by molar-refractivity contribution is 5.94. The lowest BCUT2D eigenvalue weighted by atomic mass is 10.1. The average Bonchev–Trinajstić information content (AvgIpc) is 2.84. The highest BCUT2D eigenvalue weighted by Gasteiger charge is 2.35. The lowest BCUT2D eigenvalue weighted by Crippen LogP contribution is -2.30. The Hall–Kier alpha value is -1.59. The number of methoxy groups -OCH3 is 2. The monoisotopic (exact) mass is 265 g/mol. The molecule has 1 aliphatic heterocycles. The highest BCUT2D eigenvalue weighted by atomic mass is 16.5. The first-order valence-electron chi connectivity index (χ1n) is 6.21. The number of hydrogen-bond acceptors (Lipinski definition) is 4. The van der Waals surface area contributed by atoms with Gasteiger partial charge in [0.2, 0.25) is 0 Å². The predicted octanol–water partition coefficient (Wildman–Crippen LogP) is 1.19. The molecule has 2 rings (SSSR count). The van der Waals surface area contributed by atoms with E-state index in [1.54, 1.807) is 44.2 Å². The third kappa shape index (κ3) is 2.72. The number of benzene rings is 1. The molecular weight excluding hydrogens is 246 g/mol. The first kappa shape index (κ1) is 13.8. The molecule has 0 radical (unpaired) electrons. The molecule has 0 bridgehead atoms. The van der Waals surface area contributed by atoms with Crippen LogP contribution in [-0.2, 0) is 9.47 Å². The van der Waals surface area contributed by atoms with E-state index in [-0.39, 0.29) is 23.9 Å². The van der Waals surface area contributed by atoms with Gasteiger partial charge >= 0.3 is 0 Å². The second-order valence-electron chi connectivity index (χ2n) is 4.76. The molecular formula is C14H19NO4. The molecule has 1 aliphatic rings. The van der Waals surface area contributed by atoms with Gasteiger partial charge in [0.1, 0.15) is 18.0 Å². The van der Waals surface area contributed by atoms with Crippen molar-refractivity contribution in [3.63, 3.8) is 0 Å². The average molecular weight is 265 g/mol. The molecule has 104 valence electrons. The maximum Gasteiger partial charge on any atom is 0.254 e. The van der Waals surface area contributed by atoms with Gasteiger partial charge in [0.05, 0.1) is 0 Å². The summed E-state index contributed by atoms with van der Waals surface area (Å²) in [7, 11) is 3.24. The number of phenolic OH excluding ortho intramolecular Hbond substituents is 1. The summed E-state index contributed by atoms with van der Waals surface area (Å²) < 4.78 is 10.6. The van der Waals surface area contributed by atoms with Crippen molar-refractivity contribution in [1.82, 2.24) is 4.90 Å². The van der Waals surface area contributed by atoms with Gasteiger partial charge < -0.3 is 19.5 Å². The van der Waals surface area contributed by atoms with E-state index in [2.05, 4.69) is 0 Å². The molecule has 1 amide bonds. The van der Waals surface area contributed by atoms with E-state index >= 15 is 0 Å². The van der Waals surface area contributed by atoms with Crippen molar-refractivity contribution in [2.75, 3.05) is 27.3 Å². The second kappa shape index (κ2) is 5.59. The summed E-state index contributed by atoms with van der Waals surface area (Å²) >= 11 is 0. The predicted molar refractivity (Wildman–Crippen MR) is 70.3 cm³/mol. The lowest BCUT2D eigenvalue weighted by Gasteiger charge is -2.16. The third-order valence-corrected chi connectivity index (χ3v) is 3.55. The number of carbonyl (C=O) groups is 1. The summed E-state index contributed by atoms with van der Waals surface area (Å²) in [6.45, 7) is 2.81. The van der Waals surface area contributed by atoms with Gasteiger partial charge in [0.25, 0.3) is 5.91 Å². The van der Waals surface area contributed by atoms with Gasteiger partial charge in [0.15, 0.2) is 0 Å². The number of carbonyl (C=O) groups excluding carboxylic acids is 1. The van der Waals surface area contributed by atoms with E-state index in [0.29, 0.717) is 24.2 Å². The highest BCUT2D eigenvalue weighted by Crippen LogP contribution is 2.21. The Morgan fingerprint density at radius 3 is 2.32 bits per heavy atom. The van der Waals surface area contributed by atoms with Gasteiger partial charge in [-0.2, -0.15) is 0 Å². The number of ether oxygens (including phenoxy) is 2. The van der Waals surface area contributed by atoms with Gasteiger partial charge in [-0.3, -0.25) is 4.79 Å². The van der Waals surface area contributed by atoms with Gasteiger partial charge in [0, 0.05) is 32.9 Å². The van der Waals surface area contributed by atoms with Crippen LogP contribution in [0.2, 0.25) is 0 Å². The molecule has 0 aromatic heterocycles. The third-order valence-electron chi connectivity index (χ3n) is 3.55. The van der Waals surface area contributed by atoms with E-state index in [1.807, 2.05) is 0 Å². The number of nitrogens with zero attached hydrogens (tertiary/aromatic N) is 1. The smallest absolute Gasteiger partial charge is 0.254 e. The molecule has 1 fully saturated rings. The van der Waals surface area contributed by atoms with Crippen molar-refractivity contribution in [1.29, 1.82) is 0 Å². The Labute approximate surface area is 112 Å².